The number of nitrogens with two attached hydrogens (primary N) is 1. The number of carbonyl (C=O) groups is 1. The lowest BCUT2D eigenvalue weighted by Crippen LogP contribution is -2.38. The number of hydrogen-bond donors (Lipinski definition) is 5. The fraction of sp³-hybridized carbons (Fsp3) is 0.714. The van der Waals surface area contributed by atoms with E-state index < -0.39 is 12.0 Å². The summed E-state index contributed by atoms with van der Waals surface area (Å²) in [6, 6.07) is -0.517. The predicted octanol–water partition coefficient (Wildman–Crippen LogP) is 1.43. The fourth-order valence-corrected chi connectivity index (χ4v) is 1.89. The molecule has 0 aliphatic carbocycles. The predicted molar refractivity (Wildman–Crippen MR) is 81.9 cm³/mol. The molecule has 20 heavy (non-hydrogen) atoms. The van der Waals surface area contributed by atoms with Crippen molar-refractivity contribution >= 4 is 11.9 Å². The van der Waals surface area contributed by atoms with Gasteiger partial charge in [0, 0.05) is 6.54 Å². The maximum atomic E-state index is 11.1. The second-order valence-electron chi connectivity index (χ2n) is 4.82. The zero-order chi connectivity index (χ0) is 15.2. The van der Waals surface area contributed by atoms with Crippen molar-refractivity contribution < 1.29 is 9.90 Å². The van der Waals surface area contributed by atoms with Crippen molar-refractivity contribution in [1.29, 1.82) is 5.41 Å². The van der Waals surface area contributed by atoms with Gasteiger partial charge in [0.25, 0.3) is 0 Å². The van der Waals surface area contributed by atoms with Crippen LogP contribution in [-0.2, 0) is 4.79 Å². The highest BCUT2D eigenvalue weighted by Crippen LogP contribution is 2.03. The van der Waals surface area contributed by atoms with Gasteiger partial charge in [0.15, 0.2) is 5.96 Å². The maximum Gasteiger partial charge on any atom is 0.320 e. The third-order valence-corrected chi connectivity index (χ3v) is 3.01. The Morgan fingerprint density at radius 2 is 1.95 bits per heavy atom. The molecule has 0 aliphatic rings. The zero-order valence-electron chi connectivity index (χ0n) is 12.2. The third kappa shape index (κ3) is 11.5. The monoisotopic (exact) mass is 284 g/mol. The van der Waals surface area contributed by atoms with Crippen molar-refractivity contribution in [2.24, 2.45) is 5.73 Å². The fourth-order valence-electron chi connectivity index (χ4n) is 1.89. The molecule has 0 aromatic heterocycles. The van der Waals surface area contributed by atoms with E-state index in [4.69, 9.17) is 16.2 Å². The van der Waals surface area contributed by atoms with Crippen LogP contribution in [0.3, 0.4) is 0 Å². The Bertz CT molecular complexity index is 295. The topological polar surface area (TPSA) is 111 Å². The van der Waals surface area contributed by atoms with Gasteiger partial charge in [-0.25, -0.2) is 0 Å². The lowest BCUT2D eigenvalue weighted by molar-refractivity contribution is -0.139. The van der Waals surface area contributed by atoms with E-state index in [1.165, 1.54) is 0 Å². The Hall–Kier alpha value is -1.56. The molecule has 0 heterocycles. The third-order valence-electron chi connectivity index (χ3n) is 3.01. The number of carboxylic acid groups (broad SMARTS) is 1. The first kappa shape index (κ1) is 18.4. The molecular weight excluding hydrogens is 256 g/mol. The highest BCUT2D eigenvalue weighted by Gasteiger charge is 2.15. The molecule has 0 spiro atoms. The number of nitrogens with one attached hydrogen (secondary N) is 3. The first-order chi connectivity index (χ1) is 9.57. The summed E-state index contributed by atoms with van der Waals surface area (Å²) in [6.07, 6.45) is 8.60. The van der Waals surface area contributed by atoms with Gasteiger partial charge in [-0.2, -0.15) is 0 Å². The van der Waals surface area contributed by atoms with Crippen molar-refractivity contribution in [3.8, 4) is 0 Å². The minimum absolute atomic E-state index is 0.0793. The number of rotatable bonds is 13. The molecule has 6 heteroatoms. The summed E-state index contributed by atoms with van der Waals surface area (Å²) in [5.74, 6) is -0.899. The van der Waals surface area contributed by atoms with Gasteiger partial charge in [0.1, 0.15) is 6.04 Å². The molecule has 116 valence electrons. The normalized spacial score (nSPS) is 11.8. The van der Waals surface area contributed by atoms with Crippen LogP contribution < -0.4 is 16.4 Å². The summed E-state index contributed by atoms with van der Waals surface area (Å²) in [7, 11) is 0. The van der Waals surface area contributed by atoms with E-state index in [9.17, 15) is 4.79 Å². The van der Waals surface area contributed by atoms with Crippen LogP contribution in [0.4, 0.5) is 0 Å². The molecule has 1 atom stereocenters. The van der Waals surface area contributed by atoms with Gasteiger partial charge in [-0.05, 0) is 38.6 Å². The average molecular weight is 284 g/mol. The molecular formula is C14H28N4O2. The van der Waals surface area contributed by atoms with Crippen LogP contribution in [0.5, 0.6) is 0 Å². The van der Waals surface area contributed by atoms with Gasteiger partial charge < -0.3 is 21.5 Å². The molecule has 0 rings (SSSR count). The highest BCUT2D eigenvalue weighted by atomic mass is 16.4. The maximum absolute atomic E-state index is 11.1. The molecule has 6 N–H and O–H groups in total. The summed E-state index contributed by atoms with van der Waals surface area (Å²) in [5.41, 5.74) is 5.15. The zero-order valence-corrected chi connectivity index (χ0v) is 12.2. The second kappa shape index (κ2) is 12.5. The number of allylic oxidation sites excluding steroid dienone is 1. The number of guanidine groups is 1. The van der Waals surface area contributed by atoms with Crippen molar-refractivity contribution in [3.05, 3.63) is 12.7 Å². The summed E-state index contributed by atoms with van der Waals surface area (Å²) < 4.78 is 0. The molecule has 0 amide bonds. The van der Waals surface area contributed by atoms with Crippen LogP contribution in [0.1, 0.15) is 44.9 Å². The Morgan fingerprint density at radius 3 is 2.55 bits per heavy atom. The second-order valence-corrected chi connectivity index (χ2v) is 4.82. The first-order valence-corrected chi connectivity index (χ1v) is 7.23. The standard InChI is InChI=1S/C14H28N4O2/c1-2-3-4-5-6-7-10-17-12(13(19)20)9-8-11-18-14(15)16/h2,12,17H,1,3-11H2,(H,19,20)(H4,15,16,18)/t12-/m0/s1. The van der Waals surface area contributed by atoms with Crippen molar-refractivity contribution in [3.63, 3.8) is 0 Å². The van der Waals surface area contributed by atoms with E-state index in [0.29, 0.717) is 19.4 Å². The van der Waals surface area contributed by atoms with Crippen LogP contribution >= 0.6 is 0 Å². The van der Waals surface area contributed by atoms with Crippen LogP contribution in [-0.4, -0.2) is 36.2 Å². The van der Waals surface area contributed by atoms with E-state index in [-0.39, 0.29) is 5.96 Å². The van der Waals surface area contributed by atoms with Gasteiger partial charge >= 0.3 is 5.97 Å². The number of aliphatic carboxylic acids is 1. The minimum Gasteiger partial charge on any atom is -0.480 e. The number of carboxylic acids is 1. The lowest BCUT2D eigenvalue weighted by atomic mass is 10.1. The molecule has 6 nitrogen and oxygen atoms in total. The van der Waals surface area contributed by atoms with E-state index in [1.54, 1.807) is 0 Å². The molecule has 0 fully saturated rings. The quantitative estimate of drug-likeness (QED) is 0.152. The molecule has 0 aromatic rings. The molecule has 0 aromatic carbocycles. The Morgan fingerprint density at radius 1 is 1.25 bits per heavy atom. The van der Waals surface area contributed by atoms with Gasteiger partial charge in [-0.1, -0.05) is 18.9 Å². The minimum atomic E-state index is -0.820. The van der Waals surface area contributed by atoms with Gasteiger partial charge in [-0.15, -0.1) is 6.58 Å². The molecule has 0 radical (unpaired) electrons. The Labute approximate surface area is 121 Å². The molecule has 0 saturated carbocycles. The van der Waals surface area contributed by atoms with Crippen molar-refractivity contribution in [1.82, 2.24) is 10.6 Å². The molecule has 0 aliphatic heterocycles. The van der Waals surface area contributed by atoms with Gasteiger partial charge in [0.2, 0.25) is 0 Å². The number of hydrogen-bond acceptors (Lipinski definition) is 3. The van der Waals surface area contributed by atoms with Gasteiger partial charge in [-0.3, -0.25) is 10.2 Å². The molecule has 0 unspecified atom stereocenters. The molecule has 0 bridgehead atoms. The van der Waals surface area contributed by atoms with Crippen LogP contribution in [0.2, 0.25) is 0 Å². The van der Waals surface area contributed by atoms with E-state index in [1.807, 2.05) is 6.08 Å². The summed E-state index contributed by atoms with van der Waals surface area (Å²) in [4.78, 5) is 11.1. The smallest absolute Gasteiger partial charge is 0.320 e. The van der Waals surface area contributed by atoms with Crippen LogP contribution in [0, 0.1) is 5.41 Å². The summed E-state index contributed by atoms with van der Waals surface area (Å²) in [5, 5.41) is 21.8. The van der Waals surface area contributed by atoms with Crippen LogP contribution in [0.15, 0.2) is 12.7 Å². The summed E-state index contributed by atoms with van der Waals surface area (Å²) in [6.45, 7) is 4.94. The highest BCUT2D eigenvalue weighted by molar-refractivity contribution is 5.74. The molecule has 0 saturated heterocycles. The lowest BCUT2D eigenvalue weighted by Gasteiger charge is -2.14. The largest absolute Gasteiger partial charge is 0.480 e. The number of unbranched alkanes of at least 4 members (excludes halogenated alkanes) is 4. The summed E-state index contributed by atoms with van der Waals surface area (Å²) >= 11 is 0. The SMILES string of the molecule is C=CCCCCCCN[C@@H](CCCNC(=N)N)C(=O)O. The van der Waals surface area contributed by atoms with E-state index in [0.717, 1.165) is 38.6 Å². The van der Waals surface area contributed by atoms with E-state index in [2.05, 4.69) is 17.2 Å². The van der Waals surface area contributed by atoms with Crippen molar-refractivity contribution in [2.45, 2.75) is 51.0 Å². The average Bonchev–Trinajstić information content (AvgIpc) is 2.39. The Kier molecular flexibility index (Phi) is 11.5. The van der Waals surface area contributed by atoms with Crippen LogP contribution in [0.25, 0.3) is 0 Å². The van der Waals surface area contributed by atoms with E-state index >= 15 is 0 Å². The van der Waals surface area contributed by atoms with Crippen molar-refractivity contribution in [2.75, 3.05) is 13.1 Å². The first-order valence-electron chi connectivity index (χ1n) is 7.23. The van der Waals surface area contributed by atoms with Gasteiger partial charge in [0.05, 0.1) is 0 Å². The Balaban J connectivity index is 3.62.